The number of fused-ring (bicyclic) bond motifs is 4. The number of sulfonamides is 1. The van der Waals surface area contributed by atoms with E-state index in [-0.39, 0.29) is 17.9 Å². The number of carbonyl (C=O) groups is 1. The summed E-state index contributed by atoms with van der Waals surface area (Å²) in [5, 5.41) is 0. The predicted octanol–water partition coefficient (Wildman–Crippen LogP) is 1.02. The van der Waals surface area contributed by atoms with Crippen LogP contribution in [0.3, 0.4) is 0 Å². The number of rotatable bonds is 4. The Balaban J connectivity index is 1.51. The van der Waals surface area contributed by atoms with E-state index < -0.39 is 10.0 Å². The van der Waals surface area contributed by atoms with Crippen molar-refractivity contribution < 1.29 is 17.6 Å². The largest absolute Gasteiger partial charge is 0.454 e. The van der Waals surface area contributed by atoms with Crippen LogP contribution in [0.5, 0.6) is 0 Å². The van der Waals surface area contributed by atoms with E-state index in [0.717, 1.165) is 12.8 Å². The van der Waals surface area contributed by atoms with Crippen LogP contribution in [0.25, 0.3) is 0 Å². The van der Waals surface area contributed by atoms with Crippen LogP contribution < -0.4 is 0 Å². The maximum Gasteiger partial charge on any atom is 0.289 e. The Bertz CT molecular complexity index is 890. The number of amides is 1. The van der Waals surface area contributed by atoms with Crippen LogP contribution in [0, 0.1) is 5.92 Å². The first-order valence-corrected chi connectivity index (χ1v) is 10.6. The van der Waals surface area contributed by atoms with Crippen molar-refractivity contribution in [2.75, 3.05) is 25.9 Å². The zero-order valence-electron chi connectivity index (χ0n) is 14.6. The molecule has 3 aliphatic rings. The van der Waals surface area contributed by atoms with Gasteiger partial charge in [-0.3, -0.25) is 4.79 Å². The second-order valence-corrected chi connectivity index (χ2v) is 9.12. The van der Waals surface area contributed by atoms with Crippen LogP contribution in [0.15, 0.2) is 35.3 Å². The average Bonchev–Trinajstić information content (AvgIpc) is 3.18. The number of imidazole rings is 1. The van der Waals surface area contributed by atoms with Crippen molar-refractivity contribution >= 4 is 15.9 Å². The lowest BCUT2D eigenvalue weighted by Crippen LogP contribution is -2.47. The standard InChI is InChI=1S/C17H22N4O4S/c1-26(23,24)20-8-13-2-3-14(10-20)21(9-13)17(22)16-5-4-15(25-16)11-19-7-6-18-12-19/h4-7,12-14H,2-3,8-11H2,1H3/t13-,14+/m0/s1. The zero-order valence-corrected chi connectivity index (χ0v) is 15.4. The highest BCUT2D eigenvalue weighted by Gasteiger charge is 2.40. The highest BCUT2D eigenvalue weighted by atomic mass is 32.2. The van der Waals surface area contributed by atoms with Gasteiger partial charge in [-0.05, 0) is 30.9 Å². The molecule has 2 aromatic rings. The Hall–Kier alpha value is -2.13. The molecule has 2 atom stereocenters. The number of hydrogen-bond acceptors (Lipinski definition) is 5. The molecule has 3 saturated heterocycles. The van der Waals surface area contributed by atoms with E-state index in [2.05, 4.69) is 4.98 Å². The number of nitrogens with zero attached hydrogens (tertiary/aromatic N) is 4. The van der Waals surface area contributed by atoms with Crippen LogP contribution in [0.1, 0.15) is 29.2 Å². The Morgan fingerprint density at radius 3 is 2.85 bits per heavy atom. The van der Waals surface area contributed by atoms with Crippen molar-refractivity contribution in [3.8, 4) is 0 Å². The highest BCUT2D eigenvalue weighted by Crippen LogP contribution is 2.30. The first-order valence-electron chi connectivity index (χ1n) is 8.70. The summed E-state index contributed by atoms with van der Waals surface area (Å²) >= 11 is 0. The normalized spacial score (nSPS) is 24.0. The van der Waals surface area contributed by atoms with Crippen LogP contribution in [0.2, 0.25) is 0 Å². The molecule has 3 aliphatic heterocycles. The van der Waals surface area contributed by atoms with Gasteiger partial charge in [0.1, 0.15) is 5.76 Å². The van der Waals surface area contributed by atoms with E-state index in [1.807, 2.05) is 10.8 Å². The summed E-state index contributed by atoms with van der Waals surface area (Å²) in [7, 11) is -3.25. The van der Waals surface area contributed by atoms with Crippen molar-refractivity contribution in [1.29, 1.82) is 0 Å². The first-order chi connectivity index (χ1) is 12.4. The fraction of sp³-hybridized carbons (Fsp3) is 0.529. The van der Waals surface area contributed by atoms with Crippen LogP contribution >= 0.6 is 0 Å². The van der Waals surface area contributed by atoms with Gasteiger partial charge in [-0.1, -0.05) is 0 Å². The second kappa shape index (κ2) is 6.55. The molecule has 0 aliphatic carbocycles. The van der Waals surface area contributed by atoms with Crippen molar-refractivity contribution in [2.24, 2.45) is 5.92 Å². The lowest BCUT2D eigenvalue weighted by molar-refractivity contribution is 0.0554. The van der Waals surface area contributed by atoms with Crippen LogP contribution in [-0.2, 0) is 16.6 Å². The summed E-state index contributed by atoms with van der Waals surface area (Å²) < 4.78 is 33.0. The fourth-order valence-electron chi connectivity index (χ4n) is 3.84. The Labute approximate surface area is 152 Å². The molecular formula is C17H22N4O4S. The number of hydrogen-bond donors (Lipinski definition) is 0. The third-order valence-electron chi connectivity index (χ3n) is 5.18. The van der Waals surface area contributed by atoms with E-state index in [4.69, 9.17) is 4.42 Å². The third kappa shape index (κ3) is 3.41. The van der Waals surface area contributed by atoms with Crippen LogP contribution in [0.4, 0.5) is 0 Å². The monoisotopic (exact) mass is 378 g/mol. The lowest BCUT2D eigenvalue weighted by Gasteiger charge is -2.35. The molecule has 9 heteroatoms. The number of carbonyl (C=O) groups excluding carboxylic acids is 1. The van der Waals surface area contributed by atoms with Crippen LogP contribution in [-0.4, -0.2) is 65.0 Å². The summed E-state index contributed by atoms with van der Waals surface area (Å²) in [5.74, 6) is 1.00. The van der Waals surface area contributed by atoms with Gasteiger partial charge >= 0.3 is 0 Å². The highest BCUT2D eigenvalue weighted by molar-refractivity contribution is 7.88. The Morgan fingerprint density at radius 2 is 2.12 bits per heavy atom. The van der Waals surface area contributed by atoms with Gasteiger partial charge in [-0.15, -0.1) is 0 Å². The van der Waals surface area contributed by atoms with E-state index >= 15 is 0 Å². The lowest BCUT2D eigenvalue weighted by atomic mass is 9.95. The third-order valence-corrected chi connectivity index (χ3v) is 6.42. The van der Waals surface area contributed by atoms with Gasteiger partial charge in [-0.2, -0.15) is 4.31 Å². The maximum atomic E-state index is 13.0. The zero-order chi connectivity index (χ0) is 18.3. The van der Waals surface area contributed by atoms with Gasteiger partial charge in [-0.25, -0.2) is 13.4 Å². The van der Waals surface area contributed by atoms with Crippen molar-refractivity contribution in [3.63, 3.8) is 0 Å². The average molecular weight is 378 g/mol. The van der Waals surface area contributed by atoms with Gasteiger partial charge in [0.25, 0.3) is 5.91 Å². The van der Waals surface area contributed by atoms with Crippen molar-refractivity contribution in [3.05, 3.63) is 42.4 Å². The van der Waals surface area contributed by atoms with E-state index in [0.29, 0.717) is 37.7 Å². The summed E-state index contributed by atoms with van der Waals surface area (Å²) in [5.41, 5.74) is 0. The van der Waals surface area contributed by atoms with E-state index in [1.54, 1.807) is 29.6 Å². The first kappa shape index (κ1) is 17.3. The molecule has 2 aromatic heterocycles. The fourth-order valence-corrected chi connectivity index (χ4v) is 4.76. The minimum absolute atomic E-state index is 0.0989. The summed E-state index contributed by atoms with van der Waals surface area (Å²) in [6.45, 7) is 1.95. The molecule has 0 radical (unpaired) electrons. The van der Waals surface area contributed by atoms with Gasteiger partial charge in [0.15, 0.2) is 5.76 Å². The molecule has 1 amide bonds. The summed E-state index contributed by atoms with van der Waals surface area (Å²) in [6, 6.07) is 3.39. The number of aromatic nitrogens is 2. The maximum absolute atomic E-state index is 13.0. The van der Waals surface area contributed by atoms with Gasteiger partial charge in [0.05, 0.1) is 19.1 Å². The number of piperidine rings is 1. The van der Waals surface area contributed by atoms with Gasteiger partial charge in [0.2, 0.25) is 10.0 Å². The molecule has 5 heterocycles. The molecule has 5 rings (SSSR count). The smallest absolute Gasteiger partial charge is 0.289 e. The molecule has 8 nitrogen and oxygen atoms in total. The molecule has 0 unspecified atom stereocenters. The molecule has 0 spiro atoms. The van der Waals surface area contributed by atoms with Crippen molar-refractivity contribution in [1.82, 2.24) is 18.8 Å². The SMILES string of the molecule is CS(=O)(=O)N1C[C@@H]2CC[C@H](C1)N(C(=O)c1ccc(Cn3ccnc3)o1)C2. The quantitative estimate of drug-likeness (QED) is 0.793. The topological polar surface area (TPSA) is 88.7 Å². The Kier molecular flexibility index (Phi) is 4.36. The van der Waals surface area contributed by atoms with E-state index in [1.165, 1.54) is 10.6 Å². The van der Waals surface area contributed by atoms with Crippen molar-refractivity contribution in [2.45, 2.75) is 25.4 Å². The molecule has 3 fully saturated rings. The molecule has 2 bridgehead atoms. The molecule has 140 valence electrons. The molecular weight excluding hydrogens is 356 g/mol. The molecule has 0 aromatic carbocycles. The molecule has 26 heavy (non-hydrogen) atoms. The summed E-state index contributed by atoms with van der Waals surface area (Å²) in [4.78, 5) is 18.7. The minimum Gasteiger partial charge on any atom is -0.454 e. The second-order valence-electron chi connectivity index (χ2n) is 7.14. The number of furan rings is 1. The minimum atomic E-state index is -3.25. The Morgan fingerprint density at radius 1 is 1.27 bits per heavy atom. The van der Waals surface area contributed by atoms with Gasteiger partial charge < -0.3 is 13.9 Å². The summed E-state index contributed by atoms with van der Waals surface area (Å²) in [6.07, 6.45) is 8.22. The van der Waals surface area contributed by atoms with Gasteiger partial charge in [0, 0.05) is 38.1 Å². The predicted molar refractivity (Wildman–Crippen MR) is 94.0 cm³/mol. The van der Waals surface area contributed by atoms with E-state index in [9.17, 15) is 13.2 Å². The molecule has 0 N–H and O–H groups in total. The molecule has 0 saturated carbocycles.